The van der Waals surface area contributed by atoms with Crippen LogP contribution in [-0.4, -0.2) is 14.8 Å². The van der Waals surface area contributed by atoms with Gasteiger partial charge in [0.25, 0.3) is 0 Å². The zero-order valence-electron chi connectivity index (χ0n) is 8.74. The first-order valence-electron chi connectivity index (χ1n) is 4.76. The van der Waals surface area contributed by atoms with Crippen LogP contribution in [0.5, 0.6) is 0 Å². The molecule has 0 aliphatic rings. The molecule has 0 fully saturated rings. The van der Waals surface area contributed by atoms with Crippen LogP contribution in [0.1, 0.15) is 17.2 Å². The van der Waals surface area contributed by atoms with Crippen LogP contribution in [0.3, 0.4) is 0 Å². The van der Waals surface area contributed by atoms with E-state index in [0.717, 1.165) is 22.5 Å². The lowest BCUT2D eigenvalue weighted by Gasteiger charge is -2.02. The molecule has 0 radical (unpaired) electrons. The van der Waals surface area contributed by atoms with Crippen molar-refractivity contribution < 1.29 is 0 Å². The van der Waals surface area contributed by atoms with Gasteiger partial charge in [0.2, 0.25) is 0 Å². The van der Waals surface area contributed by atoms with Crippen LogP contribution in [0.2, 0.25) is 0 Å². The number of hydrogen-bond acceptors (Lipinski definition) is 2. The van der Waals surface area contributed by atoms with E-state index in [0.29, 0.717) is 0 Å². The highest BCUT2D eigenvalue weighted by molar-refractivity contribution is 9.10. The molecule has 78 valence electrons. The van der Waals surface area contributed by atoms with Crippen LogP contribution in [-0.2, 0) is 13.5 Å². The first-order valence-corrected chi connectivity index (χ1v) is 5.55. The predicted octanol–water partition coefficient (Wildman–Crippen LogP) is 2.48. The standard InChI is InChI=1S/C11H12BrN3/c1-8-13-14-11(15(8)2)7-9-3-5-10(12)6-4-9/h3-6H,7H2,1-2H3. The van der Waals surface area contributed by atoms with Gasteiger partial charge in [-0.2, -0.15) is 0 Å². The normalized spacial score (nSPS) is 10.6. The van der Waals surface area contributed by atoms with Crippen LogP contribution in [0, 0.1) is 6.92 Å². The molecule has 0 unspecified atom stereocenters. The van der Waals surface area contributed by atoms with Gasteiger partial charge >= 0.3 is 0 Å². The van der Waals surface area contributed by atoms with Crippen LogP contribution in [0.25, 0.3) is 0 Å². The fourth-order valence-electron chi connectivity index (χ4n) is 1.39. The average Bonchev–Trinajstić information content (AvgIpc) is 2.53. The molecule has 4 heteroatoms. The topological polar surface area (TPSA) is 30.7 Å². The average molecular weight is 266 g/mol. The number of hydrogen-bond donors (Lipinski definition) is 0. The molecular formula is C11H12BrN3. The molecule has 0 aliphatic carbocycles. The minimum atomic E-state index is 0.824. The first-order chi connectivity index (χ1) is 7.16. The minimum Gasteiger partial charge on any atom is -0.318 e. The molecular weight excluding hydrogens is 254 g/mol. The molecule has 0 bridgehead atoms. The highest BCUT2D eigenvalue weighted by atomic mass is 79.9. The molecule has 0 spiro atoms. The zero-order valence-corrected chi connectivity index (χ0v) is 10.3. The Balaban J connectivity index is 2.22. The van der Waals surface area contributed by atoms with E-state index < -0.39 is 0 Å². The summed E-state index contributed by atoms with van der Waals surface area (Å²) >= 11 is 3.42. The number of benzene rings is 1. The number of rotatable bonds is 2. The number of aromatic nitrogens is 3. The summed E-state index contributed by atoms with van der Waals surface area (Å²) in [4.78, 5) is 0. The van der Waals surface area contributed by atoms with Gasteiger partial charge in [-0.3, -0.25) is 0 Å². The van der Waals surface area contributed by atoms with Gasteiger partial charge in [-0.15, -0.1) is 10.2 Å². The van der Waals surface area contributed by atoms with Crippen LogP contribution in [0.15, 0.2) is 28.7 Å². The second-order valence-electron chi connectivity index (χ2n) is 3.53. The van der Waals surface area contributed by atoms with Gasteiger partial charge in [0.05, 0.1) is 0 Å². The fraction of sp³-hybridized carbons (Fsp3) is 0.273. The Labute approximate surface area is 97.3 Å². The SMILES string of the molecule is Cc1nnc(Cc2ccc(Br)cc2)n1C. The highest BCUT2D eigenvalue weighted by Crippen LogP contribution is 2.13. The number of nitrogens with zero attached hydrogens (tertiary/aromatic N) is 3. The first kappa shape index (κ1) is 10.4. The maximum absolute atomic E-state index is 4.13. The second-order valence-corrected chi connectivity index (χ2v) is 4.44. The molecule has 0 amide bonds. The smallest absolute Gasteiger partial charge is 0.137 e. The van der Waals surface area contributed by atoms with Crippen LogP contribution < -0.4 is 0 Å². The molecule has 0 aliphatic heterocycles. The van der Waals surface area contributed by atoms with E-state index in [-0.39, 0.29) is 0 Å². The largest absolute Gasteiger partial charge is 0.318 e. The maximum atomic E-state index is 4.13. The fourth-order valence-corrected chi connectivity index (χ4v) is 1.65. The lowest BCUT2D eigenvalue weighted by atomic mass is 10.1. The summed E-state index contributed by atoms with van der Waals surface area (Å²) in [5.74, 6) is 1.94. The van der Waals surface area contributed by atoms with E-state index in [9.17, 15) is 0 Å². The third-order valence-corrected chi connectivity index (χ3v) is 2.99. The van der Waals surface area contributed by atoms with Gasteiger partial charge < -0.3 is 4.57 Å². The monoisotopic (exact) mass is 265 g/mol. The van der Waals surface area contributed by atoms with Crippen molar-refractivity contribution in [3.8, 4) is 0 Å². The summed E-state index contributed by atoms with van der Waals surface area (Å²) < 4.78 is 3.11. The van der Waals surface area contributed by atoms with E-state index in [1.807, 2.05) is 30.7 Å². The molecule has 0 saturated carbocycles. The zero-order chi connectivity index (χ0) is 10.8. The van der Waals surface area contributed by atoms with Crippen molar-refractivity contribution in [2.75, 3.05) is 0 Å². The summed E-state index contributed by atoms with van der Waals surface area (Å²) in [6, 6.07) is 8.26. The van der Waals surface area contributed by atoms with Gasteiger partial charge in [-0.05, 0) is 24.6 Å². The molecule has 0 saturated heterocycles. The Morgan fingerprint density at radius 3 is 2.40 bits per heavy atom. The van der Waals surface area contributed by atoms with E-state index in [1.165, 1.54) is 5.56 Å². The summed E-state index contributed by atoms with van der Waals surface area (Å²) in [6.07, 6.45) is 0.824. The minimum absolute atomic E-state index is 0.824. The Kier molecular flexibility index (Phi) is 2.86. The second kappa shape index (κ2) is 4.14. The summed E-state index contributed by atoms with van der Waals surface area (Å²) in [7, 11) is 1.99. The quantitative estimate of drug-likeness (QED) is 0.836. The van der Waals surface area contributed by atoms with Crippen LogP contribution >= 0.6 is 15.9 Å². The van der Waals surface area contributed by atoms with Crippen molar-refractivity contribution in [1.29, 1.82) is 0 Å². The summed E-state index contributed by atoms with van der Waals surface area (Å²) in [6.45, 7) is 1.96. The van der Waals surface area contributed by atoms with Crippen molar-refractivity contribution in [3.63, 3.8) is 0 Å². The molecule has 2 rings (SSSR count). The maximum Gasteiger partial charge on any atom is 0.137 e. The van der Waals surface area contributed by atoms with Gasteiger partial charge in [0, 0.05) is 17.9 Å². The van der Waals surface area contributed by atoms with E-state index >= 15 is 0 Å². The molecule has 1 heterocycles. The number of halogens is 1. The van der Waals surface area contributed by atoms with Gasteiger partial charge in [0.15, 0.2) is 0 Å². The van der Waals surface area contributed by atoms with E-state index in [2.05, 4.69) is 38.3 Å². The van der Waals surface area contributed by atoms with Crippen molar-refractivity contribution in [2.24, 2.45) is 7.05 Å². The van der Waals surface area contributed by atoms with Gasteiger partial charge in [-0.25, -0.2) is 0 Å². The molecule has 1 aromatic carbocycles. The molecule has 0 atom stereocenters. The molecule has 15 heavy (non-hydrogen) atoms. The molecule has 3 nitrogen and oxygen atoms in total. The van der Waals surface area contributed by atoms with Gasteiger partial charge in [-0.1, -0.05) is 28.1 Å². The Morgan fingerprint density at radius 2 is 1.87 bits per heavy atom. The Bertz CT molecular complexity index is 459. The lowest BCUT2D eigenvalue weighted by molar-refractivity contribution is 0.796. The van der Waals surface area contributed by atoms with E-state index in [4.69, 9.17) is 0 Å². The third kappa shape index (κ3) is 2.26. The number of aryl methyl sites for hydroxylation is 1. The van der Waals surface area contributed by atoms with Crippen molar-refractivity contribution in [2.45, 2.75) is 13.3 Å². The third-order valence-electron chi connectivity index (χ3n) is 2.46. The van der Waals surface area contributed by atoms with E-state index in [1.54, 1.807) is 0 Å². The van der Waals surface area contributed by atoms with Crippen molar-refractivity contribution >= 4 is 15.9 Å². The molecule has 1 aromatic heterocycles. The Hall–Kier alpha value is -1.16. The molecule has 2 aromatic rings. The highest BCUT2D eigenvalue weighted by Gasteiger charge is 2.05. The summed E-state index contributed by atoms with van der Waals surface area (Å²) in [5, 5.41) is 8.17. The summed E-state index contributed by atoms with van der Waals surface area (Å²) in [5.41, 5.74) is 1.24. The predicted molar refractivity (Wildman–Crippen MR) is 62.7 cm³/mol. The van der Waals surface area contributed by atoms with Crippen molar-refractivity contribution in [3.05, 3.63) is 46.0 Å². The van der Waals surface area contributed by atoms with Crippen molar-refractivity contribution in [1.82, 2.24) is 14.8 Å². The Morgan fingerprint density at radius 1 is 1.20 bits per heavy atom. The molecule has 0 N–H and O–H groups in total. The lowest BCUT2D eigenvalue weighted by Crippen LogP contribution is -2.00. The van der Waals surface area contributed by atoms with Crippen LogP contribution in [0.4, 0.5) is 0 Å². The van der Waals surface area contributed by atoms with Gasteiger partial charge in [0.1, 0.15) is 11.6 Å².